The average molecular weight is 374 g/mol. The minimum absolute atomic E-state index is 0.115. The first-order valence-electron chi connectivity index (χ1n) is 10.6. The number of nitrogens with zero attached hydrogens (tertiary/aromatic N) is 2. The number of carbonyl (C=O) groups excluding carboxylic acids is 1. The Balaban J connectivity index is 1.50. The van der Waals surface area contributed by atoms with E-state index in [0.717, 1.165) is 58.3 Å². The highest BCUT2D eigenvalue weighted by molar-refractivity contribution is 5.74. The maximum atomic E-state index is 12.9. The number of hydrogen-bond donors (Lipinski definition) is 1. The highest BCUT2D eigenvalue weighted by Crippen LogP contribution is 2.20. The molecule has 0 aliphatic carbocycles. The molecule has 1 aromatic carbocycles. The lowest BCUT2D eigenvalue weighted by molar-refractivity contribution is 0.0332. The van der Waals surface area contributed by atoms with Crippen LogP contribution in [0.1, 0.15) is 44.1 Å². The summed E-state index contributed by atoms with van der Waals surface area (Å²) in [4.78, 5) is 17.5. The topological polar surface area (TPSA) is 44.8 Å². The van der Waals surface area contributed by atoms with Crippen LogP contribution in [0.3, 0.4) is 0 Å². The molecule has 2 saturated heterocycles. The molecule has 0 spiro atoms. The largest absolute Gasteiger partial charge is 0.381 e. The van der Waals surface area contributed by atoms with Crippen LogP contribution in [0.5, 0.6) is 0 Å². The van der Waals surface area contributed by atoms with Gasteiger partial charge in [-0.3, -0.25) is 0 Å². The van der Waals surface area contributed by atoms with Crippen molar-refractivity contribution < 1.29 is 9.53 Å². The second-order valence-corrected chi connectivity index (χ2v) is 7.90. The molecule has 5 heteroatoms. The molecule has 1 aromatic rings. The van der Waals surface area contributed by atoms with Gasteiger partial charge in [-0.25, -0.2) is 4.79 Å². The number of rotatable bonds is 6. The maximum Gasteiger partial charge on any atom is 0.317 e. The Hall–Kier alpha value is -1.59. The number of methoxy groups -OCH3 is 1. The lowest BCUT2D eigenvalue weighted by atomic mass is 10.0. The molecule has 0 bridgehead atoms. The van der Waals surface area contributed by atoms with E-state index in [0.29, 0.717) is 18.7 Å². The monoisotopic (exact) mass is 373 g/mol. The van der Waals surface area contributed by atoms with Crippen molar-refractivity contribution in [2.75, 3.05) is 39.8 Å². The molecule has 2 fully saturated rings. The number of likely N-dealkylation sites (tertiary alicyclic amines) is 2. The van der Waals surface area contributed by atoms with Crippen molar-refractivity contribution in [3.63, 3.8) is 0 Å². The Kier molecular flexibility index (Phi) is 7.96. The van der Waals surface area contributed by atoms with Gasteiger partial charge >= 0.3 is 6.03 Å². The van der Waals surface area contributed by atoms with Gasteiger partial charge < -0.3 is 19.9 Å². The van der Waals surface area contributed by atoms with Crippen molar-refractivity contribution in [1.82, 2.24) is 15.1 Å². The third-order valence-corrected chi connectivity index (χ3v) is 6.01. The number of nitrogens with one attached hydrogen (secondary N) is 1. The van der Waals surface area contributed by atoms with E-state index in [2.05, 4.69) is 39.4 Å². The van der Waals surface area contributed by atoms with Crippen molar-refractivity contribution in [3.05, 3.63) is 35.9 Å². The number of urea groups is 1. The van der Waals surface area contributed by atoms with E-state index in [9.17, 15) is 4.79 Å². The Morgan fingerprint density at radius 3 is 2.59 bits per heavy atom. The summed E-state index contributed by atoms with van der Waals surface area (Å²) < 4.78 is 5.49. The van der Waals surface area contributed by atoms with E-state index in [1.54, 1.807) is 0 Å². The lowest BCUT2D eigenvalue weighted by Crippen LogP contribution is -2.52. The summed E-state index contributed by atoms with van der Waals surface area (Å²) in [5, 5.41) is 3.16. The zero-order valence-electron chi connectivity index (χ0n) is 16.7. The van der Waals surface area contributed by atoms with Gasteiger partial charge in [0, 0.05) is 45.9 Å². The third kappa shape index (κ3) is 6.22. The van der Waals surface area contributed by atoms with Crippen LogP contribution in [0.4, 0.5) is 4.79 Å². The van der Waals surface area contributed by atoms with Gasteiger partial charge in [-0.05, 0) is 37.7 Å². The molecule has 150 valence electrons. The Morgan fingerprint density at radius 2 is 1.85 bits per heavy atom. The quantitative estimate of drug-likeness (QED) is 0.832. The SMILES string of the molecule is COC1CCN(CC2CCCCCN2C(=O)NCCc2ccccc2)CC1. The van der Waals surface area contributed by atoms with Crippen LogP contribution in [0.15, 0.2) is 30.3 Å². The molecule has 2 aliphatic heterocycles. The van der Waals surface area contributed by atoms with E-state index in [-0.39, 0.29) is 6.03 Å². The molecule has 3 rings (SSSR count). The van der Waals surface area contributed by atoms with E-state index < -0.39 is 0 Å². The van der Waals surface area contributed by atoms with Crippen LogP contribution in [-0.2, 0) is 11.2 Å². The molecule has 1 N–H and O–H groups in total. The predicted molar refractivity (Wildman–Crippen MR) is 109 cm³/mol. The van der Waals surface area contributed by atoms with Gasteiger partial charge in [-0.1, -0.05) is 43.2 Å². The minimum atomic E-state index is 0.115. The van der Waals surface area contributed by atoms with Gasteiger partial charge in [0.2, 0.25) is 0 Å². The molecular weight excluding hydrogens is 338 g/mol. The van der Waals surface area contributed by atoms with Crippen LogP contribution < -0.4 is 5.32 Å². The Morgan fingerprint density at radius 1 is 1.07 bits per heavy atom. The molecule has 2 aliphatic rings. The molecule has 1 atom stereocenters. The van der Waals surface area contributed by atoms with E-state index in [1.807, 2.05) is 13.2 Å². The summed E-state index contributed by atoms with van der Waals surface area (Å²) in [6.45, 7) is 4.75. The summed E-state index contributed by atoms with van der Waals surface area (Å²) >= 11 is 0. The zero-order valence-corrected chi connectivity index (χ0v) is 16.7. The lowest BCUT2D eigenvalue weighted by Gasteiger charge is -2.37. The van der Waals surface area contributed by atoms with Crippen LogP contribution >= 0.6 is 0 Å². The highest BCUT2D eigenvalue weighted by Gasteiger charge is 2.28. The average Bonchev–Trinajstić information content (AvgIpc) is 2.95. The van der Waals surface area contributed by atoms with Gasteiger partial charge in [0.05, 0.1) is 6.10 Å². The number of ether oxygens (including phenoxy) is 1. The molecule has 2 amide bonds. The molecule has 0 aromatic heterocycles. The van der Waals surface area contributed by atoms with Crippen molar-refractivity contribution in [1.29, 1.82) is 0 Å². The van der Waals surface area contributed by atoms with Gasteiger partial charge in [0.25, 0.3) is 0 Å². The first-order chi connectivity index (χ1) is 13.3. The van der Waals surface area contributed by atoms with Gasteiger partial charge in [0.1, 0.15) is 0 Å². The smallest absolute Gasteiger partial charge is 0.317 e. The number of benzene rings is 1. The molecule has 5 nitrogen and oxygen atoms in total. The fraction of sp³-hybridized carbons (Fsp3) is 0.682. The molecule has 1 unspecified atom stereocenters. The van der Waals surface area contributed by atoms with Crippen LogP contribution in [0.2, 0.25) is 0 Å². The summed E-state index contributed by atoms with van der Waals surface area (Å²) in [6.07, 6.45) is 8.20. The zero-order chi connectivity index (χ0) is 18.9. The molecule has 0 radical (unpaired) electrons. The molecule has 0 saturated carbocycles. The summed E-state index contributed by atoms with van der Waals surface area (Å²) in [5.41, 5.74) is 1.27. The predicted octanol–water partition coefficient (Wildman–Crippen LogP) is 3.29. The van der Waals surface area contributed by atoms with Gasteiger partial charge in [0.15, 0.2) is 0 Å². The highest BCUT2D eigenvalue weighted by atomic mass is 16.5. The number of hydrogen-bond acceptors (Lipinski definition) is 3. The summed E-state index contributed by atoms with van der Waals surface area (Å²) in [7, 11) is 1.81. The standard InChI is InChI=1S/C22H35N3O2/c1-27-21-12-16-24(17-13-21)18-20-10-6-3-7-15-25(20)22(26)23-14-11-19-8-4-2-5-9-19/h2,4-5,8-9,20-21H,3,6-7,10-18H2,1H3,(H,23,26). The van der Waals surface area contributed by atoms with Crippen LogP contribution in [-0.4, -0.2) is 67.8 Å². The molecular formula is C22H35N3O2. The second-order valence-electron chi connectivity index (χ2n) is 7.90. The van der Waals surface area contributed by atoms with Crippen molar-refractivity contribution >= 4 is 6.03 Å². The summed E-state index contributed by atoms with van der Waals surface area (Å²) in [6, 6.07) is 10.8. The fourth-order valence-electron chi connectivity index (χ4n) is 4.32. The molecule has 27 heavy (non-hydrogen) atoms. The fourth-order valence-corrected chi connectivity index (χ4v) is 4.32. The minimum Gasteiger partial charge on any atom is -0.381 e. The Labute approximate surface area is 164 Å². The van der Waals surface area contributed by atoms with E-state index >= 15 is 0 Å². The van der Waals surface area contributed by atoms with Gasteiger partial charge in [-0.15, -0.1) is 0 Å². The molecule has 2 heterocycles. The number of amides is 2. The van der Waals surface area contributed by atoms with Crippen molar-refractivity contribution in [2.45, 2.75) is 57.1 Å². The van der Waals surface area contributed by atoms with Crippen molar-refractivity contribution in [2.24, 2.45) is 0 Å². The van der Waals surface area contributed by atoms with E-state index in [4.69, 9.17) is 4.74 Å². The second kappa shape index (κ2) is 10.7. The number of piperidine rings is 1. The van der Waals surface area contributed by atoms with E-state index in [1.165, 1.54) is 18.4 Å². The normalized spacial score (nSPS) is 22.4. The van der Waals surface area contributed by atoms with Crippen LogP contribution in [0, 0.1) is 0 Å². The first-order valence-corrected chi connectivity index (χ1v) is 10.6. The van der Waals surface area contributed by atoms with Gasteiger partial charge in [-0.2, -0.15) is 0 Å². The maximum absolute atomic E-state index is 12.9. The third-order valence-electron chi connectivity index (χ3n) is 6.01. The van der Waals surface area contributed by atoms with Crippen LogP contribution in [0.25, 0.3) is 0 Å². The number of carbonyl (C=O) groups is 1. The summed E-state index contributed by atoms with van der Waals surface area (Å²) in [5.74, 6) is 0. The Bertz CT molecular complexity index is 558. The first kappa shape index (κ1) is 20.2. The van der Waals surface area contributed by atoms with Crippen molar-refractivity contribution in [3.8, 4) is 0 Å².